The summed E-state index contributed by atoms with van der Waals surface area (Å²) in [5.41, 5.74) is 7.92. The Kier molecular flexibility index (Phi) is 2.79. The zero-order valence-corrected chi connectivity index (χ0v) is 12.5. The molecule has 1 aromatic heterocycles. The summed E-state index contributed by atoms with van der Waals surface area (Å²) in [5.74, 6) is 2.89. The SMILES string of the molecule is Cc1nc(-c2cc(Cl)c3c(c2)OCCO3)c(N)n1C1CC1. The molecule has 1 aliphatic heterocycles. The lowest BCUT2D eigenvalue weighted by Gasteiger charge is -2.20. The van der Waals surface area contributed by atoms with Crippen molar-refractivity contribution in [3.63, 3.8) is 0 Å². The van der Waals surface area contributed by atoms with Crippen LogP contribution in [0.2, 0.25) is 5.02 Å². The quantitative estimate of drug-likeness (QED) is 0.925. The van der Waals surface area contributed by atoms with E-state index in [4.69, 9.17) is 26.8 Å². The van der Waals surface area contributed by atoms with Crippen LogP contribution in [0.4, 0.5) is 5.82 Å². The largest absolute Gasteiger partial charge is 0.486 e. The van der Waals surface area contributed by atoms with Crippen LogP contribution in [-0.4, -0.2) is 22.8 Å². The summed E-state index contributed by atoms with van der Waals surface area (Å²) in [5, 5.41) is 0.528. The molecule has 0 saturated heterocycles. The van der Waals surface area contributed by atoms with Gasteiger partial charge in [0.1, 0.15) is 30.5 Å². The highest BCUT2D eigenvalue weighted by atomic mass is 35.5. The van der Waals surface area contributed by atoms with Gasteiger partial charge in [-0.2, -0.15) is 0 Å². The van der Waals surface area contributed by atoms with Crippen molar-refractivity contribution < 1.29 is 9.47 Å². The maximum atomic E-state index is 6.29. The van der Waals surface area contributed by atoms with E-state index in [1.165, 1.54) is 12.8 Å². The molecule has 2 N–H and O–H groups in total. The Balaban J connectivity index is 1.83. The molecule has 0 radical (unpaired) electrons. The van der Waals surface area contributed by atoms with Crippen molar-refractivity contribution in [3.05, 3.63) is 23.0 Å². The predicted octanol–water partition coefficient (Wildman–Crippen LogP) is 3.20. The monoisotopic (exact) mass is 305 g/mol. The van der Waals surface area contributed by atoms with Crippen molar-refractivity contribution in [2.45, 2.75) is 25.8 Å². The molecule has 21 heavy (non-hydrogen) atoms. The third-order valence-corrected chi connectivity index (χ3v) is 4.19. The second kappa shape index (κ2) is 4.56. The third-order valence-electron chi connectivity index (χ3n) is 3.91. The van der Waals surface area contributed by atoms with Crippen LogP contribution >= 0.6 is 11.6 Å². The fourth-order valence-corrected chi connectivity index (χ4v) is 3.08. The Morgan fingerprint density at radius 2 is 2.05 bits per heavy atom. The molecule has 110 valence electrons. The minimum atomic E-state index is 0.499. The smallest absolute Gasteiger partial charge is 0.179 e. The first-order chi connectivity index (χ1) is 10.1. The molecule has 0 amide bonds. The first-order valence-electron chi connectivity index (χ1n) is 7.09. The Hall–Kier alpha value is -1.88. The number of nitrogen functional groups attached to an aromatic ring is 1. The molecule has 2 aromatic rings. The van der Waals surface area contributed by atoms with Crippen molar-refractivity contribution >= 4 is 17.4 Å². The zero-order chi connectivity index (χ0) is 14.6. The van der Waals surface area contributed by atoms with Gasteiger partial charge in [0.15, 0.2) is 11.5 Å². The van der Waals surface area contributed by atoms with Gasteiger partial charge in [-0.05, 0) is 31.9 Å². The van der Waals surface area contributed by atoms with Crippen molar-refractivity contribution in [3.8, 4) is 22.8 Å². The van der Waals surface area contributed by atoms with E-state index in [9.17, 15) is 0 Å². The van der Waals surface area contributed by atoms with Gasteiger partial charge < -0.3 is 19.8 Å². The van der Waals surface area contributed by atoms with Gasteiger partial charge in [-0.15, -0.1) is 0 Å². The summed E-state index contributed by atoms with van der Waals surface area (Å²) in [7, 11) is 0. The summed E-state index contributed by atoms with van der Waals surface area (Å²) >= 11 is 6.29. The lowest BCUT2D eigenvalue weighted by atomic mass is 10.1. The van der Waals surface area contributed by atoms with Gasteiger partial charge >= 0.3 is 0 Å². The summed E-state index contributed by atoms with van der Waals surface area (Å²) in [6.45, 7) is 3.03. The van der Waals surface area contributed by atoms with Gasteiger partial charge in [0.05, 0.1) is 5.02 Å². The van der Waals surface area contributed by atoms with E-state index in [2.05, 4.69) is 9.55 Å². The van der Waals surface area contributed by atoms with Crippen LogP contribution in [0.25, 0.3) is 11.3 Å². The number of benzene rings is 1. The number of hydrogen-bond donors (Lipinski definition) is 1. The number of anilines is 1. The molecule has 0 atom stereocenters. The average Bonchev–Trinajstić information content (AvgIpc) is 3.25. The van der Waals surface area contributed by atoms with Gasteiger partial charge in [0, 0.05) is 11.6 Å². The number of nitrogens with zero attached hydrogens (tertiary/aromatic N) is 2. The van der Waals surface area contributed by atoms with Crippen molar-refractivity contribution in [1.82, 2.24) is 9.55 Å². The Bertz CT molecular complexity index is 722. The van der Waals surface area contributed by atoms with Crippen LogP contribution in [0.5, 0.6) is 11.5 Å². The second-order valence-corrected chi connectivity index (χ2v) is 5.88. The number of aryl methyl sites for hydroxylation is 1. The van der Waals surface area contributed by atoms with Gasteiger partial charge in [-0.1, -0.05) is 11.6 Å². The molecular weight excluding hydrogens is 290 g/mol. The third kappa shape index (κ3) is 2.03. The van der Waals surface area contributed by atoms with E-state index in [1.54, 1.807) is 0 Å². The van der Waals surface area contributed by atoms with E-state index < -0.39 is 0 Å². The molecule has 0 unspecified atom stereocenters. The summed E-state index contributed by atoms with van der Waals surface area (Å²) in [4.78, 5) is 4.61. The first kappa shape index (κ1) is 12.8. The summed E-state index contributed by atoms with van der Waals surface area (Å²) in [6.07, 6.45) is 2.34. The normalized spacial score (nSPS) is 17.0. The van der Waals surface area contributed by atoms with Crippen LogP contribution in [0.15, 0.2) is 12.1 Å². The average molecular weight is 306 g/mol. The maximum Gasteiger partial charge on any atom is 0.179 e. The number of hydrogen-bond acceptors (Lipinski definition) is 4. The number of halogens is 1. The van der Waals surface area contributed by atoms with E-state index in [0.29, 0.717) is 41.6 Å². The molecule has 2 heterocycles. The van der Waals surface area contributed by atoms with Gasteiger partial charge in [0.2, 0.25) is 0 Å². The number of fused-ring (bicyclic) bond motifs is 1. The number of rotatable bonds is 2. The molecule has 1 fully saturated rings. The zero-order valence-electron chi connectivity index (χ0n) is 11.7. The Morgan fingerprint density at radius 3 is 2.81 bits per heavy atom. The molecule has 4 rings (SSSR count). The number of aromatic nitrogens is 2. The Labute approximate surface area is 127 Å². The molecule has 6 heteroatoms. The van der Waals surface area contributed by atoms with Crippen LogP contribution in [-0.2, 0) is 0 Å². The summed E-state index contributed by atoms with van der Waals surface area (Å²) in [6, 6.07) is 4.24. The predicted molar refractivity (Wildman–Crippen MR) is 81.1 cm³/mol. The Morgan fingerprint density at radius 1 is 1.29 bits per heavy atom. The lowest BCUT2D eigenvalue weighted by Crippen LogP contribution is -2.15. The number of nitrogens with two attached hydrogens (primary N) is 1. The van der Waals surface area contributed by atoms with Crippen LogP contribution in [0.3, 0.4) is 0 Å². The minimum Gasteiger partial charge on any atom is -0.486 e. The first-order valence-corrected chi connectivity index (χ1v) is 7.47. The van der Waals surface area contributed by atoms with Gasteiger partial charge in [-0.3, -0.25) is 0 Å². The highest BCUT2D eigenvalue weighted by Crippen LogP contribution is 2.44. The minimum absolute atomic E-state index is 0.499. The topological polar surface area (TPSA) is 62.3 Å². The fraction of sp³-hybridized carbons (Fsp3) is 0.400. The van der Waals surface area contributed by atoms with Crippen LogP contribution in [0.1, 0.15) is 24.7 Å². The molecule has 1 aromatic carbocycles. The highest BCUT2D eigenvalue weighted by Gasteiger charge is 2.29. The number of ether oxygens (including phenoxy) is 2. The van der Waals surface area contributed by atoms with Crippen molar-refractivity contribution in [1.29, 1.82) is 0 Å². The van der Waals surface area contributed by atoms with E-state index in [1.807, 2.05) is 19.1 Å². The van der Waals surface area contributed by atoms with Crippen LogP contribution < -0.4 is 15.2 Å². The highest BCUT2D eigenvalue weighted by molar-refractivity contribution is 6.32. The van der Waals surface area contributed by atoms with E-state index >= 15 is 0 Å². The molecule has 2 aliphatic rings. The van der Waals surface area contributed by atoms with Crippen molar-refractivity contribution in [2.75, 3.05) is 18.9 Å². The van der Waals surface area contributed by atoms with Gasteiger partial charge in [0.25, 0.3) is 0 Å². The lowest BCUT2D eigenvalue weighted by molar-refractivity contribution is 0.172. The van der Waals surface area contributed by atoms with Crippen molar-refractivity contribution in [2.24, 2.45) is 0 Å². The second-order valence-electron chi connectivity index (χ2n) is 5.48. The maximum absolute atomic E-state index is 6.29. The fourth-order valence-electron chi connectivity index (χ4n) is 2.82. The van der Waals surface area contributed by atoms with Crippen LogP contribution in [0, 0.1) is 6.92 Å². The molecule has 1 aliphatic carbocycles. The van der Waals surface area contributed by atoms with Gasteiger partial charge in [-0.25, -0.2) is 4.98 Å². The van der Waals surface area contributed by atoms with E-state index in [0.717, 1.165) is 17.1 Å². The van der Waals surface area contributed by atoms with E-state index in [-0.39, 0.29) is 0 Å². The molecule has 5 nitrogen and oxygen atoms in total. The molecular formula is C15H16ClN3O2. The standard InChI is InChI=1S/C15H16ClN3O2/c1-8-18-13(15(17)19(8)10-2-3-10)9-6-11(16)14-12(7-9)20-4-5-21-14/h6-7,10H,2-5,17H2,1H3. The molecule has 1 saturated carbocycles. The molecule has 0 bridgehead atoms. The molecule has 0 spiro atoms. The summed E-state index contributed by atoms with van der Waals surface area (Å²) < 4.78 is 13.3. The number of imidazole rings is 1.